The lowest BCUT2D eigenvalue weighted by atomic mass is 9.98. The molecule has 0 aromatic rings. The fourth-order valence-electron chi connectivity index (χ4n) is 1.07. The van der Waals surface area contributed by atoms with E-state index in [9.17, 15) is 0 Å². The maximum Gasteiger partial charge on any atom is 0.108 e. The number of hydrogen-bond acceptors (Lipinski definition) is 4. The molecule has 11 heavy (non-hydrogen) atoms. The Balaban J connectivity index is 0.000001000. The van der Waals surface area contributed by atoms with Crippen LogP contribution < -0.4 is 5.32 Å². The van der Waals surface area contributed by atoms with E-state index in [4.69, 9.17) is 15.3 Å². The van der Waals surface area contributed by atoms with Crippen molar-refractivity contribution in [3.05, 3.63) is 0 Å². The molecule has 0 saturated carbocycles. The van der Waals surface area contributed by atoms with Crippen molar-refractivity contribution in [2.45, 2.75) is 31.3 Å². The first-order chi connectivity index (χ1) is 4.63. The molecule has 0 amide bonds. The van der Waals surface area contributed by atoms with E-state index in [-0.39, 0.29) is 18.4 Å². The lowest BCUT2D eigenvalue weighted by molar-refractivity contribution is -0.0910. The molecule has 4 N–H and O–H groups in total. The molecule has 5 heteroatoms. The molecule has 0 radical (unpaired) electrons. The van der Waals surface area contributed by atoms with Crippen LogP contribution in [0, 0.1) is 0 Å². The second-order valence-electron chi connectivity index (χ2n) is 2.75. The third-order valence-corrected chi connectivity index (χ3v) is 1.91. The van der Waals surface area contributed by atoms with Gasteiger partial charge in [-0.05, 0) is 6.92 Å². The normalized spacial score (nSPS) is 44.7. The molecular formula is C6H14ClNO3. The van der Waals surface area contributed by atoms with E-state index in [1.54, 1.807) is 6.92 Å². The molecule has 4 atom stereocenters. The average Bonchev–Trinajstić information content (AvgIpc) is 1.93. The van der Waals surface area contributed by atoms with E-state index in [1.165, 1.54) is 0 Å². The number of aliphatic hydroxyl groups is 3. The highest BCUT2D eigenvalue weighted by Gasteiger charge is 2.33. The van der Waals surface area contributed by atoms with Crippen molar-refractivity contribution in [3.8, 4) is 0 Å². The second kappa shape index (κ2) is 4.23. The Morgan fingerprint density at radius 1 is 1.18 bits per heavy atom. The fourth-order valence-corrected chi connectivity index (χ4v) is 1.07. The number of rotatable bonds is 0. The smallest absolute Gasteiger partial charge is 0.108 e. The molecule has 0 bridgehead atoms. The number of halogens is 1. The van der Waals surface area contributed by atoms with Crippen LogP contribution in [-0.4, -0.2) is 46.2 Å². The van der Waals surface area contributed by atoms with Crippen LogP contribution in [0.25, 0.3) is 0 Å². The highest BCUT2D eigenvalue weighted by Crippen LogP contribution is 2.09. The SMILES string of the molecule is CC1NCC(O)C(O)[C@H]1O.Cl. The number of nitrogens with one attached hydrogen (secondary N) is 1. The summed E-state index contributed by atoms with van der Waals surface area (Å²) in [4.78, 5) is 0. The van der Waals surface area contributed by atoms with Gasteiger partial charge in [-0.25, -0.2) is 0 Å². The molecule has 1 rings (SSSR count). The largest absolute Gasteiger partial charge is 0.389 e. The molecule has 0 aromatic carbocycles. The van der Waals surface area contributed by atoms with Crippen LogP contribution >= 0.6 is 12.4 Å². The van der Waals surface area contributed by atoms with Gasteiger partial charge in [0.25, 0.3) is 0 Å². The van der Waals surface area contributed by atoms with Crippen LogP contribution in [-0.2, 0) is 0 Å². The third-order valence-electron chi connectivity index (χ3n) is 1.91. The van der Waals surface area contributed by atoms with Crippen molar-refractivity contribution in [1.82, 2.24) is 5.32 Å². The number of piperidine rings is 1. The first-order valence-electron chi connectivity index (χ1n) is 3.40. The van der Waals surface area contributed by atoms with Gasteiger partial charge in [-0.3, -0.25) is 0 Å². The molecular weight excluding hydrogens is 170 g/mol. The Kier molecular flexibility index (Phi) is 4.28. The van der Waals surface area contributed by atoms with E-state index < -0.39 is 18.3 Å². The van der Waals surface area contributed by atoms with E-state index in [0.717, 1.165) is 0 Å². The minimum atomic E-state index is -1.00. The molecule has 1 aliphatic heterocycles. The molecule has 1 aliphatic rings. The van der Waals surface area contributed by atoms with Gasteiger partial charge >= 0.3 is 0 Å². The molecule has 0 spiro atoms. The summed E-state index contributed by atoms with van der Waals surface area (Å²) in [6.45, 7) is 2.11. The molecule has 0 aliphatic carbocycles. The highest BCUT2D eigenvalue weighted by atomic mass is 35.5. The van der Waals surface area contributed by atoms with Crippen molar-refractivity contribution in [2.75, 3.05) is 6.54 Å². The maximum absolute atomic E-state index is 9.14. The van der Waals surface area contributed by atoms with Crippen LogP contribution in [0.1, 0.15) is 6.92 Å². The van der Waals surface area contributed by atoms with Crippen LogP contribution in [0.15, 0.2) is 0 Å². The van der Waals surface area contributed by atoms with Gasteiger partial charge < -0.3 is 20.6 Å². The summed E-state index contributed by atoms with van der Waals surface area (Å²) < 4.78 is 0. The number of β-amino-alcohol motifs (C(OH)–C–C–N with tert-alkyl or cyclic N) is 1. The Hall–Kier alpha value is 0.130. The molecule has 68 valence electrons. The first-order valence-corrected chi connectivity index (χ1v) is 3.40. The Labute approximate surface area is 71.6 Å². The van der Waals surface area contributed by atoms with E-state index in [2.05, 4.69) is 5.32 Å². The summed E-state index contributed by atoms with van der Waals surface area (Å²) in [6.07, 6.45) is -2.70. The van der Waals surface area contributed by atoms with Gasteiger partial charge in [0.2, 0.25) is 0 Å². The van der Waals surface area contributed by atoms with Gasteiger partial charge in [-0.2, -0.15) is 0 Å². The van der Waals surface area contributed by atoms with Gasteiger partial charge in [0, 0.05) is 12.6 Å². The summed E-state index contributed by atoms with van der Waals surface area (Å²) in [5.74, 6) is 0. The van der Waals surface area contributed by atoms with Gasteiger partial charge in [0.15, 0.2) is 0 Å². The van der Waals surface area contributed by atoms with Gasteiger partial charge in [-0.1, -0.05) is 0 Å². The monoisotopic (exact) mass is 183 g/mol. The lowest BCUT2D eigenvalue weighted by Gasteiger charge is -2.33. The molecule has 1 heterocycles. The average molecular weight is 184 g/mol. The molecule has 0 aromatic heterocycles. The third kappa shape index (κ3) is 2.28. The van der Waals surface area contributed by atoms with Gasteiger partial charge in [0.05, 0.1) is 12.2 Å². The Morgan fingerprint density at radius 3 is 2.18 bits per heavy atom. The maximum atomic E-state index is 9.14. The summed E-state index contributed by atoms with van der Waals surface area (Å²) in [5.41, 5.74) is 0. The van der Waals surface area contributed by atoms with Crippen molar-refractivity contribution in [2.24, 2.45) is 0 Å². The van der Waals surface area contributed by atoms with Crippen molar-refractivity contribution < 1.29 is 15.3 Å². The van der Waals surface area contributed by atoms with Crippen LogP contribution in [0.4, 0.5) is 0 Å². The van der Waals surface area contributed by atoms with Crippen LogP contribution in [0.3, 0.4) is 0 Å². The second-order valence-corrected chi connectivity index (χ2v) is 2.75. The zero-order valence-corrected chi connectivity index (χ0v) is 7.08. The zero-order chi connectivity index (χ0) is 7.72. The first kappa shape index (κ1) is 11.1. The van der Waals surface area contributed by atoms with Crippen LogP contribution in [0.5, 0.6) is 0 Å². The van der Waals surface area contributed by atoms with E-state index in [0.29, 0.717) is 6.54 Å². The van der Waals surface area contributed by atoms with Gasteiger partial charge in [0.1, 0.15) is 6.10 Å². The van der Waals surface area contributed by atoms with Crippen molar-refractivity contribution >= 4 is 12.4 Å². The summed E-state index contributed by atoms with van der Waals surface area (Å²) in [6, 6.07) is -0.140. The quantitative estimate of drug-likeness (QED) is 0.368. The van der Waals surface area contributed by atoms with E-state index >= 15 is 0 Å². The number of hydrogen-bond donors (Lipinski definition) is 4. The fraction of sp³-hybridized carbons (Fsp3) is 1.00. The van der Waals surface area contributed by atoms with Crippen molar-refractivity contribution in [3.63, 3.8) is 0 Å². The summed E-state index contributed by atoms with van der Waals surface area (Å²) in [7, 11) is 0. The predicted molar refractivity (Wildman–Crippen MR) is 42.7 cm³/mol. The molecule has 3 unspecified atom stereocenters. The summed E-state index contributed by atoms with van der Waals surface area (Å²) in [5, 5.41) is 30.1. The van der Waals surface area contributed by atoms with E-state index in [1.807, 2.05) is 0 Å². The Bertz CT molecular complexity index is 110. The summed E-state index contributed by atoms with van der Waals surface area (Å²) >= 11 is 0. The Morgan fingerprint density at radius 2 is 1.73 bits per heavy atom. The lowest BCUT2D eigenvalue weighted by Crippen LogP contribution is -2.58. The minimum Gasteiger partial charge on any atom is -0.389 e. The highest BCUT2D eigenvalue weighted by molar-refractivity contribution is 5.85. The molecule has 1 saturated heterocycles. The topological polar surface area (TPSA) is 72.7 Å². The number of aliphatic hydroxyl groups excluding tert-OH is 3. The molecule has 1 fully saturated rings. The zero-order valence-electron chi connectivity index (χ0n) is 6.27. The van der Waals surface area contributed by atoms with Gasteiger partial charge in [-0.15, -0.1) is 12.4 Å². The minimum absolute atomic E-state index is 0. The predicted octanol–water partition coefficient (Wildman–Crippen LogP) is -1.52. The molecule has 4 nitrogen and oxygen atoms in total. The standard InChI is InChI=1S/C6H13NO3.ClH/c1-3-5(9)6(10)4(8)2-7-3;/h3-10H,2H2,1H3;1H/t3?,4?,5-,6?;/m0./s1. The van der Waals surface area contributed by atoms with Crippen molar-refractivity contribution in [1.29, 1.82) is 0 Å². The van der Waals surface area contributed by atoms with Crippen LogP contribution in [0.2, 0.25) is 0 Å².